The zero-order chi connectivity index (χ0) is 30.8. The Labute approximate surface area is 242 Å². The number of aliphatic hydroxyl groups excluding tert-OH is 3. The number of esters is 1. The van der Waals surface area contributed by atoms with Gasteiger partial charge in [-0.3, -0.25) is 4.79 Å². The van der Waals surface area contributed by atoms with Crippen LogP contribution in [0.25, 0.3) is 28.4 Å². The van der Waals surface area contributed by atoms with E-state index in [0.29, 0.717) is 5.56 Å². The minimum Gasteiger partial charge on any atom is -0.508 e. The van der Waals surface area contributed by atoms with Crippen LogP contribution >= 0.6 is 0 Å². The van der Waals surface area contributed by atoms with Crippen molar-refractivity contribution in [1.29, 1.82) is 0 Å². The third-order valence-electron chi connectivity index (χ3n) is 6.66. The van der Waals surface area contributed by atoms with Crippen LogP contribution in [0.15, 0.2) is 76.0 Å². The summed E-state index contributed by atoms with van der Waals surface area (Å²) in [5.74, 6) is -2.94. The highest BCUT2D eigenvalue weighted by Crippen LogP contribution is 2.37. The van der Waals surface area contributed by atoms with Crippen molar-refractivity contribution in [2.24, 2.45) is 0 Å². The number of rotatable bonds is 7. The Morgan fingerprint density at radius 2 is 1.53 bits per heavy atom. The summed E-state index contributed by atoms with van der Waals surface area (Å²) >= 11 is 0. The molecule has 4 aromatic rings. The molecule has 0 saturated carbocycles. The average molecular weight is 595 g/mol. The highest BCUT2D eigenvalue weighted by Gasteiger charge is 2.48. The zero-order valence-corrected chi connectivity index (χ0v) is 22.1. The Morgan fingerprint density at radius 1 is 0.884 bits per heavy atom. The SMILES string of the molecule is O=C(C=Cc1ccc(O)cc1)OC1C(Oc2c(-c3ccc(O)cc3)oc3cc(O)cc(O)c3c2=O)OC(CO)C(O)C1O. The van der Waals surface area contributed by atoms with E-state index >= 15 is 0 Å². The van der Waals surface area contributed by atoms with E-state index in [2.05, 4.69) is 0 Å². The van der Waals surface area contributed by atoms with Crippen molar-refractivity contribution in [1.82, 2.24) is 0 Å². The summed E-state index contributed by atoms with van der Waals surface area (Å²) in [6.45, 7) is -0.781. The van der Waals surface area contributed by atoms with Crippen LogP contribution in [0, 0.1) is 0 Å². The van der Waals surface area contributed by atoms with Crippen molar-refractivity contribution in [2.75, 3.05) is 6.61 Å². The largest absolute Gasteiger partial charge is 0.508 e. The molecule has 1 aromatic heterocycles. The third kappa shape index (κ3) is 6.10. The van der Waals surface area contributed by atoms with Crippen LogP contribution in [0.5, 0.6) is 28.7 Å². The molecule has 1 aliphatic heterocycles. The zero-order valence-electron chi connectivity index (χ0n) is 22.1. The number of phenolic OH excluding ortho intramolecular Hbond substituents is 4. The lowest BCUT2D eigenvalue weighted by atomic mass is 9.99. The summed E-state index contributed by atoms with van der Waals surface area (Å²) in [7, 11) is 0. The second-order valence-corrected chi connectivity index (χ2v) is 9.63. The molecule has 0 amide bonds. The fourth-order valence-corrected chi connectivity index (χ4v) is 4.49. The first-order valence-corrected chi connectivity index (χ1v) is 12.8. The lowest BCUT2D eigenvalue weighted by molar-refractivity contribution is -0.281. The molecule has 224 valence electrons. The molecule has 1 fully saturated rings. The number of ether oxygens (including phenoxy) is 3. The number of aliphatic hydroxyl groups is 3. The van der Waals surface area contributed by atoms with Gasteiger partial charge in [0, 0.05) is 23.8 Å². The van der Waals surface area contributed by atoms with Gasteiger partial charge in [-0.15, -0.1) is 0 Å². The molecule has 7 N–H and O–H groups in total. The smallest absolute Gasteiger partial charge is 0.331 e. The Hall–Kier alpha value is -5.08. The van der Waals surface area contributed by atoms with Gasteiger partial charge in [-0.25, -0.2) is 4.79 Å². The molecule has 13 heteroatoms. The number of hydrogen-bond acceptors (Lipinski definition) is 13. The van der Waals surface area contributed by atoms with Gasteiger partial charge in [0.25, 0.3) is 0 Å². The van der Waals surface area contributed by atoms with Crippen molar-refractivity contribution in [3.8, 4) is 40.1 Å². The molecule has 2 heterocycles. The van der Waals surface area contributed by atoms with E-state index in [4.69, 9.17) is 18.6 Å². The van der Waals surface area contributed by atoms with Gasteiger partial charge < -0.3 is 54.4 Å². The molecule has 0 bridgehead atoms. The maximum absolute atomic E-state index is 13.7. The van der Waals surface area contributed by atoms with E-state index in [9.17, 15) is 45.3 Å². The van der Waals surface area contributed by atoms with Crippen LogP contribution in [0.2, 0.25) is 0 Å². The van der Waals surface area contributed by atoms with Gasteiger partial charge in [0.1, 0.15) is 52.3 Å². The van der Waals surface area contributed by atoms with Gasteiger partial charge in [-0.1, -0.05) is 12.1 Å². The first-order chi connectivity index (χ1) is 20.5. The maximum atomic E-state index is 13.7. The summed E-state index contributed by atoms with van der Waals surface area (Å²) in [5.41, 5.74) is -0.422. The van der Waals surface area contributed by atoms with Crippen molar-refractivity contribution in [2.45, 2.75) is 30.7 Å². The van der Waals surface area contributed by atoms with E-state index < -0.39 is 66.0 Å². The van der Waals surface area contributed by atoms with Gasteiger partial charge in [0.15, 0.2) is 11.9 Å². The molecule has 43 heavy (non-hydrogen) atoms. The Bertz CT molecular complexity index is 1710. The quantitative estimate of drug-likeness (QED) is 0.120. The molecule has 5 unspecified atom stereocenters. The predicted molar refractivity (Wildman–Crippen MR) is 148 cm³/mol. The Kier molecular flexibility index (Phi) is 8.23. The summed E-state index contributed by atoms with van der Waals surface area (Å²) in [5, 5.41) is 70.2. The normalized spacial score (nSPS) is 22.1. The van der Waals surface area contributed by atoms with E-state index in [1.54, 1.807) is 0 Å². The van der Waals surface area contributed by atoms with Crippen molar-refractivity contribution in [3.63, 3.8) is 0 Å². The van der Waals surface area contributed by atoms with Gasteiger partial charge >= 0.3 is 5.97 Å². The van der Waals surface area contributed by atoms with E-state index in [1.165, 1.54) is 54.6 Å². The molecule has 5 atom stereocenters. The summed E-state index contributed by atoms with van der Waals surface area (Å²) < 4.78 is 22.7. The van der Waals surface area contributed by atoms with E-state index in [-0.39, 0.29) is 33.8 Å². The molecule has 1 saturated heterocycles. The minimum atomic E-state index is -1.85. The number of benzene rings is 3. The lowest BCUT2D eigenvalue weighted by Gasteiger charge is -2.41. The summed E-state index contributed by atoms with van der Waals surface area (Å²) in [6, 6.07) is 13.2. The molecule has 0 aliphatic carbocycles. The number of hydrogen-bond donors (Lipinski definition) is 7. The van der Waals surface area contributed by atoms with Gasteiger partial charge in [0.2, 0.25) is 17.5 Å². The Morgan fingerprint density at radius 3 is 2.19 bits per heavy atom. The molecule has 3 aromatic carbocycles. The first-order valence-electron chi connectivity index (χ1n) is 12.8. The molecule has 1 aliphatic rings. The van der Waals surface area contributed by atoms with Gasteiger partial charge in [-0.05, 0) is 48.0 Å². The topological polar surface area (TPSA) is 217 Å². The number of phenols is 4. The van der Waals surface area contributed by atoms with Crippen molar-refractivity contribution >= 4 is 23.0 Å². The minimum absolute atomic E-state index is 0.0181. The molecular formula is C30H26O13. The number of carbonyl (C=O) groups is 1. The number of carbonyl (C=O) groups excluding carboxylic acids is 1. The number of fused-ring (bicyclic) bond motifs is 1. The second kappa shape index (κ2) is 12.0. The van der Waals surface area contributed by atoms with Crippen LogP contribution in [-0.4, -0.2) is 79.0 Å². The number of aromatic hydroxyl groups is 4. The van der Waals surface area contributed by atoms with Crippen LogP contribution in [0.3, 0.4) is 0 Å². The van der Waals surface area contributed by atoms with Crippen molar-refractivity contribution < 1.29 is 59.2 Å². The molecule has 0 radical (unpaired) electrons. The predicted octanol–water partition coefficient (Wildman–Crippen LogP) is 1.73. The molecule has 5 rings (SSSR count). The first kappa shape index (κ1) is 29.4. The van der Waals surface area contributed by atoms with Crippen LogP contribution in [0.1, 0.15) is 5.56 Å². The van der Waals surface area contributed by atoms with E-state index in [1.807, 2.05) is 0 Å². The van der Waals surface area contributed by atoms with Crippen molar-refractivity contribution in [3.05, 3.63) is 82.5 Å². The second-order valence-electron chi connectivity index (χ2n) is 9.63. The van der Waals surface area contributed by atoms with Gasteiger partial charge in [0.05, 0.1) is 6.61 Å². The van der Waals surface area contributed by atoms with Crippen LogP contribution in [0.4, 0.5) is 0 Å². The monoisotopic (exact) mass is 594 g/mol. The maximum Gasteiger partial charge on any atom is 0.331 e. The fourth-order valence-electron chi connectivity index (χ4n) is 4.49. The fraction of sp³-hybridized carbons (Fsp3) is 0.200. The van der Waals surface area contributed by atoms with Crippen LogP contribution < -0.4 is 10.2 Å². The average Bonchev–Trinajstić information content (AvgIpc) is 2.97. The highest BCUT2D eigenvalue weighted by atomic mass is 16.7. The van der Waals surface area contributed by atoms with Gasteiger partial charge in [-0.2, -0.15) is 0 Å². The Balaban J connectivity index is 1.55. The molecule has 13 nitrogen and oxygen atoms in total. The highest BCUT2D eigenvalue weighted by molar-refractivity contribution is 5.88. The molecule has 0 spiro atoms. The van der Waals surface area contributed by atoms with E-state index in [0.717, 1.165) is 18.2 Å². The third-order valence-corrected chi connectivity index (χ3v) is 6.66. The summed E-state index contributed by atoms with van der Waals surface area (Å²) in [6.07, 6.45) is -6.16. The van der Waals surface area contributed by atoms with Crippen LogP contribution in [-0.2, 0) is 14.3 Å². The lowest BCUT2D eigenvalue weighted by Crippen LogP contribution is -2.61. The molecular weight excluding hydrogens is 568 g/mol. The standard InChI is InChI=1S/C30H26O13/c31-13-21-24(37)26(39)29(42-22(36)10-3-14-1-6-16(32)7-2-14)30(41-21)43-28-25(38)23-19(35)11-18(34)12-20(23)40-27(28)15-4-8-17(33)9-5-15/h1-12,21,24,26,29-35,37,39H,13H2. The summed E-state index contributed by atoms with van der Waals surface area (Å²) in [4.78, 5) is 26.4.